The Balaban J connectivity index is 1.55. The van der Waals surface area contributed by atoms with Gasteiger partial charge in [0, 0.05) is 31.7 Å². The van der Waals surface area contributed by atoms with Gasteiger partial charge in [0.1, 0.15) is 16.9 Å². The van der Waals surface area contributed by atoms with Gasteiger partial charge in [0.25, 0.3) is 5.56 Å². The van der Waals surface area contributed by atoms with Crippen molar-refractivity contribution in [2.75, 3.05) is 18.0 Å². The molecule has 5 aromatic rings. The molecule has 1 aliphatic heterocycles. The minimum absolute atomic E-state index is 0.0360. The second-order valence-electron chi connectivity index (χ2n) is 9.43. The average molecular weight is 521 g/mol. The lowest BCUT2D eigenvalue weighted by Crippen LogP contribution is -2.44. The van der Waals surface area contributed by atoms with Gasteiger partial charge in [0.15, 0.2) is 11.2 Å². The molecule has 0 aliphatic carbocycles. The number of nitrogens with two attached hydrogens (primary N) is 1. The zero-order valence-corrected chi connectivity index (χ0v) is 21.0. The van der Waals surface area contributed by atoms with Gasteiger partial charge < -0.3 is 10.6 Å². The number of halogens is 1. The maximum absolute atomic E-state index is 14.7. The second kappa shape index (κ2) is 9.20. The van der Waals surface area contributed by atoms with Crippen molar-refractivity contribution in [3.63, 3.8) is 0 Å². The number of nitrogens with zero attached hydrogens (tertiary/aromatic N) is 7. The van der Waals surface area contributed by atoms with Crippen molar-refractivity contribution in [1.82, 2.24) is 27.4 Å². The van der Waals surface area contributed by atoms with Crippen LogP contribution < -0.4 is 21.9 Å². The number of benzene rings is 2. The third kappa shape index (κ3) is 4.11. The lowest BCUT2D eigenvalue weighted by molar-refractivity contribution is 0.494. The van der Waals surface area contributed by atoms with Gasteiger partial charge in [-0.05, 0) is 36.6 Å². The van der Waals surface area contributed by atoms with Gasteiger partial charge in [-0.1, -0.05) is 24.3 Å². The number of piperidine rings is 1. The fourth-order valence-corrected chi connectivity index (χ4v) is 5.51. The van der Waals surface area contributed by atoms with E-state index in [0.29, 0.717) is 30.1 Å². The van der Waals surface area contributed by atoms with Gasteiger partial charge in [-0.2, -0.15) is 13.7 Å². The molecule has 4 heterocycles. The molecule has 0 spiro atoms. The molecule has 0 saturated carbocycles. The number of aryl methyl sites for hydroxylation is 1. The van der Waals surface area contributed by atoms with Crippen LogP contribution in [-0.4, -0.2) is 46.6 Å². The van der Waals surface area contributed by atoms with Gasteiger partial charge in [0.05, 0.1) is 24.8 Å². The summed E-state index contributed by atoms with van der Waals surface area (Å²) in [6.07, 6.45) is 1.77. The number of imidazole rings is 1. The molecule has 1 atom stereocenters. The Kier molecular flexibility index (Phi) is 5.84. The van der Waals surface area contributed by atoms with Gasteiger partial charge >= 0.3 is 5.69 Å². The molecular weight excluding hydrogens is 495 g/mol. The second-order valence-corrected chi connectivity index (χ2v) is 9.96. The van der Waals surface area contributed by atoms with Crippen LogP contribution in [0.5, 0.6) is 0 Å². The maximum Gasteiger partial charge on any atom is 0.332 e. The van der Waals surface area contributed by atoms with Crippen molar-refractivity contribution in [2.45, 2.75) is 32.0 Å². The number of hydrogen-bond acceptors (Lipinski definition) is 8. The van der Waals surface area contributed by atoms with E-state index in [-0.39, 0.29) is 36.1 Å². The van der Waals surface area contributed by atoms with E-state index in [1.165, 1.54) is 15.2 Å². The van der Waals surface area contributed by atoms with E-state index in [0.717, 1.165) is 35.6 Å². The van der Waals surface area contributed by atoms with Crippen molar-refractivity contribution >= 4 is 39.9 Å². The van der Waals surface area contributed by atoms with E-state index in [9.17, 15) is 14.0 Å². The molecule has 0 bridgehead atoms. The first kappa shape index (κ1) is 23.5. The molecule has 1 aliphatic rings. The van der Waals surface area contributed by atoms with Crippen molar-refractivity contribution in [3.05, 3.63) is 80.2 Å². The first-order valence-electron chi connectivity index (χ1n) is 12.1. The zero-order valence-electron chi connectivity index (χ0n) is 20.2. The van der Waals surface area contributed by atoms with Crippen LogP contribution in [0.3, 0.4) is 0 Å². The molecule has 1 saturated heterocycles. The van der Waals surface area contributed by atoms with Gasteiger partial charge in [-0.25, -0.2) is 9.18 Å². The summed E-state index contributed by atoms with van der Waals surface area (Å²) in [6.45, 7) is 1.42. The van der Waals surface area contributed by atoms with Crippen molar-refractivity contribution in [2.24, 2.45) is 12.8 Å². The summed E-state index contributed by atoms with van der Waals surface area (Å²) >= 11 is 1.11. The number of anilines is 1. The van der Waals surface area contributed by atoms with Crippen molar-refractivity contribution in [1.29, 1.82) is 0 Å². The molecular formula is C25H25FN8O2S. The Bertz CT molecular complexity index is 1750. The molecule has 1 fully saturated rings. The fraction of sp³-hybridized carbons (Fsp3) is 0.320. The van der Waals surface area contributed by atoms with E-state index in [4.69, 9.17) is 10.7 Å². The normalized spacial score (nSPS) is 16.2. The molecule has 2 aromatic carbocycles. The first-order valence-corrected chi connectivity index (χ1v) is 12.8. The Hall–Kier alpha value is -3.90. The Morgan fingerprint density at radius 1 is 1.08 bits per heavy atom. The molecule has 12 heteroatoms. The van der Waals surface area contributed by atoms with Crippen LogP contribution >= 0.6 is 11.7 Å². The van der Waals surface area contributed by atoms with Crippen molar-refractivity contribution < 1.29 is 4.39 Å². The van der Waals surface area contributed by atoms with Crippen LogP contribution in [0.4, 0.5) is 10.3 Å². The predicted octanol–water partition coefficient (Wildman–Crippen LogP) is 2.06. The topological polar surface area (TPSA) is 117 Å². The summed E-state index contributed by atoms with van der Waals surface area (Å²) in [4.78, 5) is 34.0. The molecule has 0 amide bonds. The third-order valence-electron chi connectivity index (χ3n) is 6.90. The van der Waals surface area contributed by atoms with Crippen LogP contribution in [-0.2, 0) is 20.1 Å². The summed E-state index contributed by atoms with van der Waals surface area (Å²) < 4.78 is 27.5. The molecule has 3 aromatic heterocycles. The highest BCUT2D eigenvalue weighted by Crippen LogP contribution is 2.25. The number of fused-ring (bicyclic) bond motifs is 2. The molecule has 190 valence electrons. The highest BCUT2D eigenvalue weighted by atomic mass is 32.1. The highest BCUT2D eigenvalue weighted by molar-refractivity contribution is 7.00. The van der Waals surface area contributed by atoms with E-state index < -0.39 is 11.2 Å². The minimum atomic E-state index is -0.481. The van der Waals surface area contributed by atoms with E-state index in [1.54, 1.807) is 29.8 Å². The summed E-state index contributed by atoms with van der Waals surface area (Å²) in [5, 5.41) is 0. The minimum Gasteiger partial charge on any atom is -0.341 e. The predicted molar refractivity (Wildman–Crippen MR) is 141 cm³/mol. The van der Waals surface area contributed by atoms with Gasteiger partial charge in [-0.15, -0.1) is 0 Å². The Morgan fingerprint density at radius 2 is 1.89 bits per heavy atom. The number of aromatic nitrogens is 6. The zero-order chi connectivity index (χ0) is 25.7. The van der Waals surface area contributed by atoms with E-state index in [2.05, 4.69) is 8.75 Å². The number of rotatable bonds is 5. The monoisotopic (exact) mass is 520 g/mol. The standard InChI is InChI=1S/C25H25FN8O2S/c1-31-22-21(23(35)34(25(31)36)12-15-8-9-19-20(11-15)30-37-29-19)33(13-16-5-2-3-7-18(16)26)24(28-22)32-10-4-6-17(27)14-32/h2-3,5,7-9,11,17H,4,6,10,12-14,27H2,1H3/t17-/m1/s1. The van der Waals surface area contributed by atoms with Crippen LogP contribution in [0.1, 0.15) is 24.0 Å². The maximum atomic E-state index is 14.7. The SMILES string of the molecule is Cn1c(=O)n(Cc2ccc3nsnc3c2)c(=O)c2c1nc(N1CCC[C@@H](N)C1)n2Cc1ccccc1F. The van der Waals surface area contributed by atoms with Crippen LogP contribution in [0.25, 0.3) is 22.2 Å². The molecule has 0 radical (unpaired) electrons. The molecule has 0 unspecified atom stereocenters. The van der Waals surface area contributed by atoms with E-state index in [1.807, 2.05) is 23.1 Å². The lowest BCUT2D eigenvalue weighted by Gasteiger charge is -2.31. The largest absolute Gasteiger partial charge is 0.341 e. The van der Waals surface area contributed by atoms with E-state index >= 15 is 0 Å². The quantitative estimate of drug-likeness (QED) is 0.377. The first-order chi connectivity index (χ1) is 17.9. The molecule has 10 nitrogen and oxygen atoms in total. The lowest BCUT2D eigenvalue weighted by atomic mass is 10.1. The van der Waals surface area contributed by atoms with Crippen LogP contribution in [0.15, 0.2) is 52.1 Å². The summed E-state index contributed by atoms with van der Waals surface area (Å²) in [5.41, 5.74) is 8.43. The van der Waals surface area contributed by atoms with Crippen molar-refractivity contribution in [3.8, 4) is 0 Å². The highest BCUT2D eigenvalue weighted by Gasteiger charge is 2.27. The average Bonchev–Trinajstić information content (AvgIpc) is 3.51. The summed E-state index contributed by atoms with van der Waals surface area (Å²) in [7, 11) is 1.60. The number of hydrogen-bond donors (Lipinski definition) is 1. The Labute approximate surface area is 214 Å². The van der Waals surface area contributed by atoms with Crippen LogP contribution in [0, 0.1) is 5.82 Å². The Morgan fingerprint density at radius 3 is 2.70 bits per heavy atom. The summed E-state index contributed by atoms with van der Waals surface area (Å²) in [6, 6.07) is 11.9. The van der Waals surface area contributed by atoms with Crippen LogP contribution in [0.2, 0.25) is 0 Å². The smallest absolute Gasteiger partial charge is 0.332 e. The molecule has 2 N–H and O–H groups in total. The molecule has 6 rings (SSSR count). The van der Waals surface area contributed by atoms with Gasteiger partial charge in [0.2, 0.25) is 5.95 Å². The molecule has 37 heavy (non-hydrogen) atoms. The third-order valence-corrected chi connectivity index (χ3v) is 7.45. The van der Waals surface area contributed by atoms with Gasteiger partial charge in [-0.3, -0.25) is 18.5 Å². The fourth-order valence-electron chi connectivity index (χ4n) is 4.99. The summed E-state index contributed by atoms with van der Waals surface area (Å²) in [5.74, 6) is 0.134.